The number of amides is 1. The minimum Gasteiger partial charge on any atom is -0.341 e. The van der Waals surface area contributed by atoms with E-state index in [-0.39, 0.29) is 5.91 Å². The quantitative estimate of drug-likeness (QED) is 0.813. The maximum atomic E-state index is 13.0. The van der Waals surface area contributed by atoms with Gasteiger partial charge in [-0.3, -0.25) is 4.79 Å². The van der Waals surface area contributed by atoms with Crippen molar-refractivity contribution in [2.45, 2.75) is 18.9 Å². The van der Waals surface area contributed by atoms with Gasteiger partial charge in [-0.2, -0.15) is 4.98 Å². The largest absolute Gasteiger partial charge is 0.341 e. The second kappa shape index (κ2) is 6.81. The van der Waals surface area contributed by atoms with E-state index in [1.165, 1.54) is 0 Å². The summed E-state index contributed by atoms with van der Waals surface area (Å²) in [5.41, 5.74) is 2.35. The van der Waals surface area contributed by atoms with Crippen LogP contribution >= 0.6 is 0 Å². The van der Waals surface area contributed by atoms with Gasteiger partial charge < -0.3 is 19.6 Å². The summed E-state index contributed by atoms with van der Waals surface area (Å²) in [7, 11) is 7.96. The van der Waals surface area contributed by atoms with Gasteiger partial charge in [-0.15, -0.1) is 0 Å². The number of aromatic nitrogens is 2. The fourth-order valence-electron chi connectivity index (χ4n) is 3.92. The zero-order valence-corrected chi connectivity index (χ0v) is 16.4. The third kappa shape index (κ3) is 3.02. The molecule has 1 aromatic carbocycles. The van der Waals surface area contributed by atoms with Crippen LogP contribution < -0.4 is 14.7 Å². The molecule has 0 radical (unpaired) electrons. The molecule has 142 valence electrons. The number of fused-ring (bicyclic) bond motifs is 2. The Labute approximate surface area is 160 Å². The molecular weight excluding hydrogens is 340 g/mol. The number of nitrogens with zero attached hydrogens (tertiary/aromatic N) is 6. The second-order valence-electron chi connectivity index (χ2n) is 7.46. The smallest absolute Gasteiger partial charge is 0.263 e. The average Bonchev–Trinajstić information content (AvgIpc) is 2.78. The van der Waals surface area contributed by atoms with Gasteiger partial charge in [0.25, 0.3) is 5.91 Å². The van der Waals surface area contributed by atoms with Crippen LogP contribution in [0.5, 0.6) is 0 Å². The third-order valence-electron chi connectivity index (χ3n) is 5.76. The Kier molecular flexibility index (Phi) is 4.47. The molecule has 7 heteroatoms. The highest BCUT2D eigenvalue weighted by Gasteiger charge is 2.30. The summed E-state index contributed by atoms with van der Waals surface area (Å²) in [6.07, 6.45) is 3.85. The van der Waals surface area contributed by atoms with Crippen molar-refractivity contribution in [1.29, 1.82) is 0 Å². The van der Waals surface area contributed by atoms with Crippen molar-refractivity contribution in [2.75, 3.05) is 56.0 Å². The Morgan fingerprint density at radius 1 is 1.04 bits per heavy atom. The lowest BCUT2D eigenvalue weighted by molar-refractivity contribution is 0.0993. The fraction of sp³-hybridized carbons (Fsp3) is 0.450. The average molecular weight is 366 g/mol. The number of likely N-dealkylation sites (tertiary alicyclic amines) is 1. The molecule has 3 heterocycles. The Morgan fingerprint density at radius 2 is 1.67 bits per heavy atom. The lowest BCUT2D eigenvalue weighted by atomic mass is 10.0. The van der Waals surface area contributed by atoms with Gasteiger partial charge in [0.15, 0.2) is 5.82 Å². The molecule has 0 atom stereocenters. The molecule has 7 nitrogen and oxygen atoms in total. The summed E-state index contributed by atoms with van der Waals surface area (Å²) < 4.78 is 0. The molecule has 1 aromatic heterocycles. The summed E-state index contributed by atoms with van der Waals surface area (Å²) >= 11 is 0. The molecule has 1 amide bonds. The Hall–Kier alpha value is -2.67. The summed E-state index contributed by atoms with van der Waals surface area (Å²) in [5.74, 6) is 1.24. The van der Waals surface area contributed by atoms with Crippen molar-refractivity contribution in [2.24, 2.45) is 0 Å². The SMILES string of the molecule is CN1CCC(N(C)c2ncc3c(n2)N(C)c2ccccc2N(C)C3=O)CC1. The van der Waals surface area contributed by atoms with Crippen molar-refractivity contribution >= 4 is 29.0 Å². The van der Waals surface area contributed by atoms with Crippen molar-refractivity contribution in [3.63, 3.8) is 0 Å². The van der Waals surface area contributed by atoms with E-state index in [0.717, 1.165) is 37.3 Å². The maximum absolute atomic E-state index is 13.0. The number of anilines is 4. The fourth-order valence-corrected chi connectivity index (χ4v) is 3.92. The lowest BCUT2D eigenvalue weighted by Gasteiger charge is -2.35. The molecule has 4 rings (SSSR count). The van der Waals surface area contributed by atoms with Gasteiger partial charge in [0.05, 0.1) is 11.4 Å². The van der Waals surface area contributed by atoms with Gasteiger partial charge in [0.2, 0.25) is 5.95 Å². The highest BCUT2D eigenvalue weighted by Crippen LogP contribution is 2.38. The van der Waals surface area contributed by atoms with Crippen molar-refractivity contribution < 1.29 is 4.79 Å². The maximum Gasteiger partial charge on any atom is 0.263 e. The zero-order chi connectivity index (χ0) is 19.1. The molecule has 2 aromatic rings. The van der Waals surface area contributed by atoms with Crippen molar-refractivity contribution in [1.82, 2.24) is 14.9 Å². The third-order valence-corrected chi connectivity index (χ3v) is 5.76. The molecule has 1 saturated heterocycles. The molecule has 0 N–H and O–H groups in total. The first-order valence-corrected chi connectivity index (χ1v) is 9.36. The van der Waals surface area contributed by atoms with Gasteiger partial charge >= 0.3 is 0 Å². The Morgan fingerprint density at radius 3 is 2.33 bits per heavy atom. The van der Waals surface area contributed by atoms with E-state index in [4.69, 9.17) is 4.98 Å². The molecule has 27 heavy (non-hydrogen) atoms. The van der Waals surface area contributed by atoms with Crippen LogP contribution in [0.15, 0.2) is 30.5 Å². The Bertz CT molecular complexity index is 861. The first kappa shape index (κ1) is 17.7. The van der Waals surface area contributed by atoms with Crippen LogP contribution in [0, 0.1) is 0 Å². The zero-order valence-electron chi connectivity index (χ0n) is 16.4. The number of hydrogen-bond acceptors (Lipinski definition) is 6. The molecular formula is C20H26N6O. The van der Waals surface area contributed by atoms with Gasteiger partial charge in [0, 0.05) is 33.4 Å². The lowest BCUT2D eigenvalue weighted by Crippen LogP contribution is -2.42. The van der Waals surface area contributed by atoms with Crippen LogP contribution in [0.2, 0.25) is 0 Å². The van der Waals surface area contributed by atoms with E-state index < -0.39 is 0 Å². The standard InChI is InChI=1S/C20H26N6O/c1-23-11-9-14(10-12-23)24(2)20-21-13-15-18(22-20)25(3)16-7-5-6-8-17(16)26(4)19(15)27/h5-8,13-14H,9-12H2,1-4H3. The highest BCUT2D eigenvalue weighted by atomic mass is 16.2. The van der Waals surface area contributed by atoms with Crippen LogP contribution in [0.1, 0.15) is 23.2 Å². The molecule has 2 aliphatic rings. The topological polar surface area (TPSA) is 55.8 Å². The molecule has 2 aliphatic heterocycles. The molecule has 0 bridgehead atoms. The van der Waals surface area contributed by atoms with Crippen LogP contribution in [-0.2, 0) is 0 Å². The van der Waals surface area contributed by atoms with Crippen molar-refractivity contribution in [3.8, 4) is 0 Å². The molecule has 0 unspecified atom stereocenters. The minimum absolute atomic E-state index is 0.0877. The van der Waals surface area contributed by atoms with Gasteiger partial charge in [-0.1, -0.05) is 12.1 Å². The molecule has 1 fully saturated rings. The number of benzene rings is 1. The second-order valence-corrected chi connectivity index (χ2v) is 7.46. The first-order valence-electron chi connectivity index (χ1n) is 9.36. The minimum atomic E-state index is -0.0877. The van der Waals surface area contributed by atoms with Gasteiger partial charge in [-0.05, 0) is 45.1 Å². The highest BCUT2D eigenvalue weighted by molar-refractivity contribution is 6.12. The van der Waals surface area contributed by atoms with E-state index in [2.05, 4.69) is 28.9 Å². The number of rotatable bonds is 2. The monoisotopic (exact) mass is 366 g/mol. The number of hydrogen-bond donors (Lipinski definition) is 0. The van der Waals surface area contributed by atoms with E-state index in [9.17, 15) is 4.79 Å². The number of carbonyl (C=O) groups is 1. The van der Waals surface area contributed by atoms with Crippen LogP contribution in [-0.4, -0.2) is 68.1 Å². The van der Waals surface area contributed by atoms with E-state index in [1.807, 2.05) is 36.2 Å². The Balaban J connectivity index is 1.72. The van der Waals surface area contributed by atoms with Gasteiger partial charge in [0.1, 0.15) is 5.56 Å². The van der Waals surface area contributed by atoms with Crippen molar-refractivity contribution in [3.05, 3.63) is 36.0 Å². The molecule has 0 saturated carbocycles. The van der Waals surface area contributed by atoms with E-state index in [0.29, 0.717) is 23.4 Å². The summed E-state index contributed by atoms with van der Waals surface area (Å²) in [6, 6.07) is 8.30. The van der Waals surface area contributed by atoms with Crippen LogP contribution in [0.25, 0.3) is 0 Å². The predicted molar refractivity (Wildman–Crippen MR) is 108 cm³/mol. The molecule has 0 aliphatic carbocycles. The number of para-hydroxylation sites is 2. The van der Waals surface area contributed by atoms with E-state index >= 15 is 0 Å². The van der Waals surface area contributed by atoms with E-state index in [1.54, 1.807) is 18.1 Å². The summed E-state index contributed by atoms with van der Waals surface area (Å²) in [6.45, 7) is 2.16. The normalized spacial score (nSPS) is 18.1. The first-order chi connectivity index (χ1) is 13.0. The molecule has 0 spiro atoms. The summed E-state index contributed by atoms with van der Waals surface area (Å²) in [4.78, 5) is 30.5. The number of carbonyl (C=O) groups excluding carboxylic acids is 1. The van der Waals surface area contributed by atoms with Crippen LogP contribution in [0.3, 0.4) is 0 Å². The number of piperidine rings is 1. The predicted octanol–water partition coefficient (Wildman–Crippen LogP) is 2.36. The van der Waals surface area contributed by atoms with Gasteiger partial charge in [-0.25, -0.2) is 4.98 Å². The summed E-state index contributed by atoms with van der Waals surface area (Å²) in [5, 5.41) is 0. The van der Waals surface area contributed by atoms with Crippen LogP contribution in [0.4, 0.5) is 23.1 Å².